The molecule has 0 aliphatic carbocycles. The van der Waals surface area contributed by atoms with Crippen molar-refractivity contribution in [2.24, 2.45) is 0 Å². The molecule has 1 aromatic rings. The lowest BCUT2D eigenvalue weighted by atomic mass is 9.99. The van der Waals surface area contributed by atoms with Gasteiger partial charge in [-0.25, -0.2) is 0 Å². The predicted molar refractivity (Wildman–Crippen MR) is 87.7 cm³/mol. The normalized spacial score (nSPS) is 12.6. The van der Waals surface area contributed by atoms with Crippen LogP contribution in [-0.2, 0) is 17.6 Å². The van der Waals surface area contributed by atoms with E-state index in [1.165, 1.54) is 11.1 Å². The van der Waals surface area contributed by atoms with Crippen LogP contribution in [0.5, 0.6) is 0 Å². The van der Waals surface area contributed by atoms with Crippen LogP contribution in [-0.4, -0.2) is 35.1 Å². The van der Waals surface area contributed by atoms with Crippen molar-refractivity contribution in [3.63, 3.8) is 0 Å². The molecule has 1 aromatic carbocycles. The standard InChI is InChI=1S/C18H29NO2/c1-4-11-19(12-5-2)17(14-18(20)21)13-16-9-7-15(6-3)8-10-16/h7-10,17H,4-6,11-14H2,1-3H3,(H,20,21). The summed E-state index contributed by atoms with van der Waals surface area (Å²) in [7, 11) is 0. The summed E-state index contributed by atoms with van der Waals surface area (Å²) in [5.74, 6) is -0.706. The van der Waals surface area contributed by atoms with Crippen LogP contribution in [0.1, 0.15) is 51.2 Å². The minimum Gasteiger partial charge on any atom is -0.481 e. The third-order valence-electron chi connectivity index (χ3n) is 3.85. The van der Waals surface area contributed by atoms with E-state index in [1.807, 2.05) is 0 Å². The highest BCUT2D eigenvalue weighted by Gasteiger charge is 2.20. The molecule has 1 N–H and O–H groups in total. The highest BCUT2D eigenvalue weighted by Crippen LogP contribution is 2.15. The Bertz CT molecular complexity index is 408. The van der Waals surface area contributed by atoms with Gasteiger partial charge in [0.2, 0.25) is 0 Å². The van der Waals surface area contributed by atoms with Gasteiger partial charge in [0.15, 0.2) is 0 Å². The first-order valence-corrected chi connectivity index (χ1v) is 8.14. The topological polar surface area (TPSA) is 40.5 Å². The average Bonchev–Trinajstić information content (AvgIpc) is 2.46. The number of hydrogen-bond donors (Lipinski definition) is 1. The lowest BCUT2D eigenvalue weighted by molar-refractivity contribution is -0.138. The molecule has 0 saturated heterocycles. The van der Waals surface area contributed by atoms with Crippen LogP contribution in [0.2, 0.25) is 0 Å². The molecule has 3 heteroatoms. The molecule has 0 fully saturated rings. The number of carboxylic acid groups (broad SMARTS) is 1. The highest BCUT2D eigenvalue weighted by molar-refractivity contribution is 5.67. The van der Waals surface area contributed by atoms with Crippen molar-refractivity contribution < 1.29 is 9.90 Å². The zero-order valence-electron chi connectivity index (χ0n) is 13.6. The summed E-state index contributed by atoms with van der Waals surface area (Å²) in [6, 6.07) is 8.68. The molecule has 0 aliphatic heterocycles. The fourth-order valence-corrected chi connectivity index (χ4v) is 2.77. The van der Waals surface area contributed by atoms with Gasteiger partial charge in [-0.2, -0.15) is 0 Å². The number of aryl methyl sites for hydroxylation is 1. The predicted octanol–water partition coefficient (Wildman–Crippen LogP) is 3.76. The van der Waals surface area contributed by atoms with Gasteiger partial charge in [-0.3, -0.25) is 9.69 Å². The Balaban J connectivity index is 2.81. The average molecular weight is 291 g/mol. The summed E-state index contributed by atoms with van der Waals surface area (Å²) in [4.78, 5) is 13.5. The minimum atomic E-state index is -0.706. The van der Waals surface area contributed by atoms with Crippen molar-refractivity contribution in [2.75, 3.05) is 13.1 Å². The summed E-state index contributed by atoms with van der Waals surface area (Å²) in [5, 5.41) is 9.20. The second-order valence-corrected chi connectivity index (χ2v) is 5.66. The lowest BCUT2D eigenvalue weighted by Gasteiger charge is -2.30. The van der Waals surface area contributed by atoms with E-state index in [9.17, 15) is 9.90 Å². The summed E-state index contributed by atoms with van der Waals surface area (Å²) in [6.07, 6.45) is 4.19. The van der Waals surface area contributed by atoms with Gasteiger partial charge in [0, 0.05) is 6.04 Å². The number of benzene rings is 1. The second kappa shape index (κ2) is 9.56. The third-order valence-corrected chi connectivity index (χ3v) is 3.85. The van der Waals surface area contributed by atoms with Crippen LogP contribution in [0.3, 0.4) is 0 Å². The number of nitrogens with zero attached hydrogens (tertiary/aromatic N) is 1. The maximum atomic E-state index is 11.2. The van der Waals surface area contributed by atoms with E-state index in [0.29, 0.717) is 0 Å². The smallest absolute Gasteiger partial charge is 0.304 e. The molecule has 0 spiro atoms. The quantitative estimate of drug-likeness (QED) is 0.713. The van der Waals surface area contributed by atoms with Crippen LogP contribution in [0.25, 0.3) is 0 Å². The molecule has 0 radical (unpaired) electrons. The summed E-state index contributed by atoms with van der Waals surface area (Å²) in [5.41, 5.74) is 2.56. The van der Waals surface area contributed by atoms with Crippen molar-refractivity contribution in [1.29, 1.82) is 0 Å². The van der Waals surface area contributed by atoms with Gasteiger partial charge in [0.1, 0.15) is 0 Å². The number of aliphatic carboxylic acids is 1. The van der Waals surface area contributed by atoms with Crippen molar-refractivity contribution >= 4 is 5.97 Å². The molecule has 0 saturated carbocycles. The first-order chi connectivity index (χ1) is 10.1. The monoisotopic (exact) mass is 291 g/mol. The van der Waals surface area contributed by atoms with Crippen molar-refractivity contribution in [2.45, 2.75) is 58.9 Å². The van der Waals surface area contributed by atoms with E-state index < -0.39 is 5.97 Å². The number of hydrogen-bond acceptors (Lipinski definition) is 2. The van der Waals surface area contributed by atoms with Crippen LogP contribution >= 0.6 is 0 Å². The molecular formula is C18H29NO2. The molecule has 1 unspecified atom stereocenters. The zero-order chi connectivity index (χ0) is 15.7. The van der Waals surface area contributed by atoms with Gasteiger partial charge in [0.05, 0.1) is 6.42 Å². The van der Waals surface area contributed by atoms with E-state index in [0.717, 1.165) is 38.8 Å². The van der Waals surface area contributed by atoms with Gasteiger partial charge in [-0.05, 0) is 49.9 Å². The molecule has 3 nitrogen and oxygen atoms in total. The molecule has 0 bridgehead atoms. The van der Waals surface area contributed by atoms with E-state index >= 15 is 0 Å². The Morgan fingerprint density at radius 1 is 1.05 bits per heavy atom. The highest BCUT2D eigenvalue weighted by atomic mass is 16.4. The van der Waals surface area contributed by atoms with Crippen LogP contribution in [0.4, 0.5) is 0 Å². The second-order valence-electron chi connectivity index (χ2n) is 5.66. The molecule has 1 rings (SSSR count). The number of carbonyl (C=O) groups is 1. The van der Waals surface area contributed by atoms with Gasteiger partial charge in [0.25, 0.3) is 0 Å². The first kappa shape index (κ1) is 17.7. The minimum absolute atomic E-state index is 0.0925. The number of carboxylic acids is 1. The summed E-state index contributed by atoms with van der Waals surface area (Å²) < 4.78 is 0. The van der Waals surface area contributed by atoms with E-state index in [2.05, 4.69) is 49.9 Å². The molecule has 1 atom stereocenters. The Kier molecular flexibility index (Phi) is 8.06. The molecule has 0 amide bonds. The van der Waals surface area contributed by atoms with Crippen molar-refractivity contribution in [1.82, 2.24) is 4.90 Å². The first-order valence-electron chi connectivity index (χ1n) is 8.14. The SMILES string of the molecule is CCCN(CCC)C(CC(=O)O)Cc1ccc(CC)cc1. The Labute approximate surface area is 129 Å². The van der Waals surface area contributed by atoms with Gasteiger partial charge < -0.3 is 5.11 Å². The Morgan fingerprint density at radius 3 is 2.00 bits per heavy atom. The fraction of sp³-hybridized carbons (Fsp3) is 0.611. The molecule has 0 aromatic heterocycles. The molecule has 118 valence electrons. The van der Waals surface area contributed by atoms with Gasteiger partial charge in [-0.15, -0.1) is 0 Å². The molecule has 21 heavy (non-hydrogen) atoms. The van der Waals surface area contributed by atoms with Crippen LogP contribution in [0.15, 0.2) is 24.3 Å². The molecular weight excluding hydrogens is 262 g/mol. The van der Waals surface area contributed by atoms with E-state index in [1.54, 1.807) is 0 Å². The summed E-state index contributed by atoms with van der Waals surface area (Å²) in [6.45, 7) is 8.39. The maximum absolute atomic E-state index is 11.2. The lowest BCUT2D eigenvalue weighted by Crippen LogP contribution is -2.39. The van der Waals surface area contributed by atoms with E-state index in [-0.39, 0.29) is 12.5 Å². The maximum Gasteiger partial charge on any atom is 0.304 e. The zero-order valence-corrected chi connectivity index (χ0v) is 13.6. The number of rotatable bonds is 10. The fourth-order valence-electron chi connectivity index (χ4n) is 2.77. The van der Waals surface area contributed by atoms with Gasteiger partial charge >= 0.3 is 5.97 Å². The Morgan fingerprint density at radius 2 is 1.57 bits per heavy atom. The molecule has 0 heterocycles. The third kappa shape index (κ3) is 6.30. The van der Waals surface area contributed by atoms with Crippen molar-refractivity contribution in [3.8, 4) is 0 Å². The molecule has 0 aliphatic rings. The Hall–Kier alpha value is -1.35. The van der Waals surface area contributed by atoms with Crippen molar-refractivity contribution in [3.05, 3.63) is 35.4 Å². The summed E-state index contributed by atoms with van der Waals surface area (Å²) >= 11 is 0. The van der Waals surface area contributed by atoms with Crippen LogP contribution < -0.4 is 0 Å². The largest absolute Gasteiger partial charge is 0.481 e. The van der Waals surface area contributed by atoms with Crippen LogP contribution in [0, 0.1) is 0 Å². The van der Waals surface area contributed by atoms with E-state index in [4.69, 9.17) is 0 Å². The van der Waals surface area contributed by atoms with Gasteiger partial charge in [-0.1, -0.05) is 45.0 Å².